The van der Waals surface area contributed by atoms with Crippen LogP contribution in [0.2, 0.25) is 0 Å². The topological polar surface area (TPSA) is 0 Å². The molecule has 2 radical (unpaired) electrons. The number of halogens is 2. The molecule has 0 spiro atoms. The van der Waals surface area contributed by atoms with Gasteiger partial charge in [-0.3, -0.25) is 0 Å². The zero-order chi connectivity index (χ0) is 2.71. The Labute approximate surface area is 47.1 Å². The van der Waals surface area contributed by atoms with Crippen molar-refractivity contribution in [3.05, 3.63) is 12.4 Å². The van der Waals surface area contributed by atoms with E-state index < -0.39 is 0 Å². The molecule has 0 saturated carbocycles. The smallest absolute Gasteiger partial charge is 0.0149 e. The van der Waals surface area contributed by atoms with Crippen LogP contribution in [0.5, 0.6) is 0 Å². The Morgan fingerprint density at radius 3 is 1.40 bits per heavy atom. The first-order valence-electron chi connectivity index (χ1n) is 0.666. The second-order valence-electron chi connectivity index (χ2n) is 0.183. The summed E-state index contributed by atoms with van der Waals surface area (Å²) in [6, 6.07) is 0. The summed E-state index contributed by atoms with van der Waals surface area (Å²) in [7, 11) is 3.55. The molecule has 0 aliphatic heterocycles. The summed E-state index contributed by atoms with van der Waals surface area (Å²) in [5, 5.41) is 0. The first-order chi connectivity index (χ1) is 1.41. The largest absolute Gasteiger partial charge is 0.147 e. The van der Waals surface area contributed by atoms with Crippen LogP contribution >= 0.6 is 34.1 Å². The SMILES string of the molecule is C=C[P].Cl.Cl. The minimum Gasteiger partial charge on any atom is -0.147 e. The van der Waals surface area contributed by atoms with Gasteiger partial charge in [-0.2, -0.15) is 0 Å². The summed E-state index contributed by atoms with van der Waals surface area (Å²) in [4.78, 5) is 0. The highest BCUT2D eigenvalue weighted by molar-refractivity contribution is 7.20. The lowest BCUT2D eigenvalue weighted by atomic mass is 11.3. The fraction of sp³-hybridized carbons (Fsp3) is 0. The molecule has 0 bridgehead atoms. The van der Waals surface area contributed by atoms with Crippen molar-refractivity contribution in [3.8, 4) is 0 Å². The number of hydrogen-bond donors (Lipinski definition) is 0. The molecule has 0 aromatic rings. The van der Waals surface area contributed by atoms with Gasteiger partial charge in [-0.1, -0.05) is 12.4 Å². The molecule has 0 aliphatic carbocycles. The highest BCUT2D eigenvalue weighted by Crippen LogP contribution is 1.69. The van der Waals surface area contributed by atoms with Gasteiger partial charge >= 0.3 is 0 Å². The molecule has 0 amide bonds. The Bertz CT molecular complexity index is 15.1. The normalized spacial score (nSPS) is 2.60. The molecule has 0 N–H and O–H groups in total. The van der Waals surface area contributed by atoms with E-state index in [4.69, 9.17) is 0 Å². The Balaban J connectivity index is -0.0000000200. The molecule has 0 unspecified atom stereocenters. The van der Waals surface area contributed by atoms with Crippen LogP contribution in [0.3, 0.4) is 0 Å². The van der Waals surface area contributed by atoms with Crippen molar-refractivity contribution in [2.75, 3.05) is 0 Å². The maximum atomic E-state index is 3.55. The standard InChI is InChI=1S/C2H3P.2ClH/c1-2-3;;/h2H,1H2;2*1H. The molecular weight excluding hydrogens is 126 g/mol. The lowest BCUT2D eigenvalue weighted by Crippen LogP contribution is -0.892. The summed E-state index contributed by atoms with van der Waals surface area (Å²) in [5.41, 5.74) is 0. The number of rotatable bonds is 0. The van der Waals surface area contributed by atoms with Gasteiger partial charge in [-0.05, 0) is 9.24 Å². The predicted molar refractivity (Wildman–Crippen MR) is 31.6 cm³/mol. The van der Waals surface area contributed by atoms with Gasteiger partial charge in [0.05, 0.1) is 0 Å². The zero-order valence-corrected chi connectivity index (χ0v) is 5.08. The first-order valence-corrected chi connectivity index (χ1v) is 1.18. The van der Waals surface area contributed by atoms with Gasteiger partial charge in [0.2, 0.25) is 0 Å². The Hall–Kier alpha value is 0.750. The summed E-state index contributed by atoms with van der Waals surface area (Å²) >= 11 is 0. The fourth-order valence-corrected chi connectivity index (χ4v) is 0. The summed E-state index contributed by atoms with van der Waals surface area (Å²) in [6.45, 7) is 3.23. The Kier molecular flexibility index (Phi) is 74.8. The van der Waals surface area contributed by atoms with Crippen LogP contribution in [0.25, 0.3) is 0 Å². The van der Waals surface area contributed by atoms with Crippen LogP contribution in [0.15, 0.2) is 12.4 Å². The van der Waals surface area contributed by atoms with E-state index in [-0.39, 0.29) is 24.8 Å². The van der Waals surface area contributed by atoms with Crippen LogP contribution in [0.4, 0.5) is 0 Å². The van der Waals surface area contributed by atoms with E-state index in [1.807, 2.05) is 0 Å². The van der Waals surface area contributed by atoms with Gasteiger partial charge < -0.3 is 0 Å². The maximum Gasteiger partial charge on any atom is -0.0149 e. The van der Waals surface area contributed by atoms with Crippen LogP contribution in [0.1, 0.15) is 0 Å². The second kappa shape index (κ2) is 21.8. The summed E-state index contributed by atoms with van der Waals surface area (Å²) in [6.07, 6.45) is 0. The maximum absolute atomic E-state index is 3.55. The van der Waals surface area contributed by atoms with E-state index in [0.29, 0.717) is 0 Å². The van der Waals surface area contributed by atoms with E-state index >= 15 is 0 Å². The average molecular weight is 131 g/mol. The van der Waals surface area contributed by atoms with Gasteiger partial charge in [0.1, 0.15) is 0 Å². The molecule has 0 fully saturated rings. The van der Waals surface area contributed by atoms with E-state index in [9.17, 15) is 0 Å². The third kappa shape index (κ3) is 63.9. The van der Waals surface area contributed by atoms with Crippen molar-refractivity contribution < 1.29 is 0 Å². The van der Waals surface area contributed by atoms with Crippen molar-refractivity contribution in [2.45, 2.75) is 0 Å². The Morgan fingerprint density at radius 1 is 1.40 bits per heavy atom. The van der Waals surface area contributed by atoms with Crippen molar-refractivity contribution >= 4 is 34.1 Å². The van der Waals surface area contributed by atoms with E-state index in [1.54, 1.807) is 0 Å². The van der Waals surface area contributed by atoms with Gasteiger partial charge in [0.15, 0.2) is 0 Å². The second-order valence-corrected chi connectivity index (χ2v) is 0.548. The lowest BCUT2D eigenvalue weighted by Gasteiger charge is -1.28. The quantitative estimate of drug-likeness (QED) is 0.442. The van der Waals surface area contributed by atoms with Gasteiger partial charge in [0, 0.05) is 0 Å². The molecule has 0 atom stereocenters. The minimum atomic E-state index is 0. The van der Waals surface area contributed by atoms with E-state index in [0.717, 1.165) is 0 Å². The van der Waals surface area contributed by atoms with Crippen LogP contribution < -0.4 is 0 Å². The highest BCUT2D eigenvalue weighted by Gasteiger charge is 1.18. The van der Waals surface area contributed by atoms with Gasteiger partial charge in [-0.25, -0.2) is 0 Å². The zero-order valence-electron chi connectivity index (χ0n) is 2.55. The molecule has 0 nitrogen and oxygen atoms in total. The van der Waals surface area contributed by atoms with Crippen molar-refractivity contribution in [2.24, 2.45) is 0 Å². The molecule has 0 rings (SSSR count). The van der Waals surface area contributed by atoms with Crippen LogP contribution in [0, 0.1) is 0 Å². The molecule has 5 heavy (non-hydrogen) atoms. The van der Waals surface area contributed by atoms with Crippen LogP contribution in [-0.4, -0.2) is 0 Å². The molecule has 32 valence electrons. The van der Waals surface area contributed by atoms with Crippen LogP contribution in [-0.2, 0) is 0 Å². The number of hydrogen-bond acceptors (Lipinski definition) is 0. The van der Waals surface area contributed by atoms with E-state index in [2.05, 4.69) is 15.8 Å². The predicted octanol–water partition coefficient (Wildman–Crippen LogP) is 2.38. The third-order valence-corrected chi connectivity index (χ3v) is 0. The Morgan fingerprint density at radius 2 is 1.40 bits per heavy atom. The molecule has 0 heterocycles. The molecular formula is C2H5Cl2P. The van der Waals surface area contributed by atoms with Crippen molar-refractivity contribution in [1.29, 1.82) is 0 Å². The van der Waals surface area contributed by atoms with E-state index in [1.165, 1.54) is 5.82 Å². The minimum absolute atomic E-state index is 0. The fourth-order valence-electron chi connectivity index (χ4n) is 0. The molecule has 0 aromatic carbocycles. The highest BCUT2D eigenvalue weighted by atomic mass is 35.5. The van der Waals surface area contributed by atoms with Gasteiger partial charge in [-0.15, -0.1) is 24.8 Å². The summed E-state index contributed by atoms with van der Waals surface area (Å²) in [5.74, 6) is 1.44. The molecule has 0 aromatic heterocycles. The monoisotopic (exact) mass is 130 g/mol. The molecule has 3 heteroatoms. The molecule has 0 aliphatic rings. The summed E-state index contributed by atoms with van der Waals surface area (Å²) < 4.78 is 0. The average Bonchev–Trinajstić information content (AvgIpc) is 0.918. The van der Waals surface area contributed by atoms with Crippen molar-refractivity contribution in [1.82, 2.24) is 0 Å². The van der Waals surface area contributed by atoms with Gasteiger partial charge in [0.25, 0.3) is 0 Å². The molecule has 0 saturated heterocycles. The lowest BCUT2D eigenvalue weighted by molar-refractivity contribution is 2.68. The first kappa shape index (κ1) is 17.2. The third-order valence-electron chi connectivity index (χ3n) is 0. The van der Waals surface area contributed by atoms with Crippen molar-refractivity contribution in [3.63, 3.8) is 0 Å².